The van der Waals surface area contributed by atoms with E-state index in [0.29, 0.717) is 0 Å². The van der Waals surface area contributed by atoms with Gasteiger partial charge in [0, 0.05) is 5.92 Å². The maximum absolute atomic E-state index is 10.2. The third-order valence-electron chi connectivity index (χ3n) is 1.23. The molecule has 0 radical (unpaired) electrons. The van der Waals surface area contributed by atoms with Crippen molar-refractivity contribution in [1.29, 1.82) is 0 Å². The van der Waals surface area contributed by atoms with Crippen LogP contribution in [0.2, 0.25) is 0 Å². The van der Waals surface area contributed by atoms with E-state index < -0.39 is 6.09 Å². The number of alkyl halides is 1. The number of carbonyl (C=O) groups is 1. The Bertz CT molecular complexity index is 207. The summed E-state index contributed by atoms with van der Waals surface area (Å²) in [6, 6.07) is 0. The quantitative estimate of drug-likeness (QED) is 0.360. The summed E-state index contributed by atoms with van der Waals surface area (Å²) in [7, 11) is 0. The van der Waals surface area contributed by atoms with Crippen LogP contribution >= 0.6 is 22.6 Å². The van der Waals surface area contributed by atoms with Crippen LogP contribution in [0.25, 0.3) is 0 Å². The van der Waals surface area contributed by atoms with Crippen LogP contribution in [0, 0.1) is 17.8 Å². The molecule has 0 saturated heterocycles. The molecule has 68 valence electrons. The van der Waals surface area contributed by atoms with E-state index >= 15 is 0 Å². The molecule has 0 aliphatic carbocycles. The first-order chi connectivity index (χ1) is 5.56. The fourth-order valence-electron chi connectivity index (χ4n) is 0.809. The standard InChI is InChI=1S/C8H12INO2/c1-3-4-6(2)5-7(9)10-8(11)12/h6-7,10H,5H2,1-2H3,(H,11,12). The molecule has 1 amide bonds. The van der Waals surface area contributed by atoms with Gasteiger partial charge in [0.2, 0.25) is 0 Å². The highest BCUT2D eigenvalue weighted by Crippen LogP contribution is 2.10. The Labute approximate surface area is 86.1 Å². The van der Waals surface area contributed by atoms with Crippen LogP contribution in [-0.2, 0) is 0 Å². The molecular formula is C8H12INO2. The van der Waals surface area contributed by atoms with Gasteiger partial charge in [-0.1, -0.05) is 29.5 Å². The molecule has 4 heteroatoms. The van der Waals surface area contributed by atoms with Gasteiger partial charge in [-0.2, -0.15) is 0 Å². The first-order valence-electron chi connectivity index (χ1n) is 3.62. The van der Waals surface area contributed by atoms with Gasteiger partial charge in [-0.3, -0.25) is 0 Å². The van der Waals surface area contributed by atoms with Crippen molar-refractivity contribution < 1.29 is 9.90 Å². The van der Waals surface area contributed by atoms with Gasteiger partial charge in [0.25, 0.3) is 0 Å². The minimum absolute atomic E-state index is 0.0593. The van der Waals surface area contributed by atoms with Gasteiger partial charge in [-0.05, 0) is 13.3 Å². The second-order valence-electron chi connectivity index (χ2n) is 2.45. The zero-order valence-electron chi connectivity index (χ0n) is 7.10. The lowest BCUT2D eigenvalue weighted by Crippen LogP contribution is -2.29. The molecule has 0 spiro atoms. The van der Waals surface area contributed by atoms with Crippen molar-refractivity contribution >= 4 is 28.7 Å². The predicted octanol–water partition coefficient (Wildman–Crippen LogP) is 2.06. The average molecular weight is 281 g/mol. The van der Waals surface area contributed by atoms with Crippen molar-refractivity contribution in [2.75, 3.05) is 0 Å². The van der Waals surface area contributed by atoms with Crippen molar-refractivity contribution in [1.82, 2.24) is 5.32 Å². The number of nitrogens with one attached hydrogen (secondary N) is 1. The van der Waals surface area contributed by atoms with E-state index in [1.54, 1.807) is 6.92 Å². The summed E-state index contributed by atoms with van der Waals surface area (Å²) >= 11 is 2.05. The van der Waals surface area contributed by atoms with Crippen molar-refractivity contribution in [3.05, 3.63) is 0 Å². The summed E-state index contributed by atoms with van der Waals surface area (Å²) in [5, 5.41) is 10.7. The van der Waals surface area contributed by atoms with Crippen molar-refractivity contribution in [2.24, 2.45) is 5.92 Å². The molecule has 0 aromatic rings. The van der Waals surface area contributed by atoms with Gasteiger partial charge >= 0.3 is 6.09 Å². The van der Waals surface area contributed by atoms with Crippen LogP contribution < -0.4 is 5.32 Å². The van der Waals surface area contributed by atoms with E-state index in [2.05, 4.69) is 39.7 Å². The number of rotatable bonds is 3. The lowest BCUT2D eigenvalue weighted by atomic mass is 10.1. The molecule has 2 N–H and O–H groups in total. The average Bonchev–Trinajstić information content (AvgIpc) is 1.84. The van der Waals surface area contributed by atoms with Gasteiger partial charge in [-0.25, -0.2) is 4.79 Å². The molecule has 0 fully saturated rings. The third kappa shape index (κ3) is 6.28. The van der Waals surface area contributed by atoms with E-state index in [9.17, 15) is 4.79 Å². The summed E-state index contributed by atoms with van der Waals surface area (Å²) in [6.45, 7) is 3.76. The van der Waals surface area contributed by atoms with Gasteiger partial charge in [0.15, 0.2) is 0 Å². The van der Waals surface area contributed by atoms with Gasteiger partial charge < -0.3 is 10.4 Å². The van der Waals surface area contributed by atoms with E-state index in [4.69, 9.17) is 5.11 Å². The van der Waals surface area contributed by atoms with Crippen LogP contribution in [0.1, 0.15) is 20.3 Å². The Morgan fingerprint density at radius 3 is 2.75 bits per heavy atom. The van der Waals surface area contributed by atoms with Gasteiger partial charge in [0.1, 0.15) is 0 Å². The summed E-state index contributed by atoms with van der Waals surface area (Å²) in [6.07, 6.45) is -0.237. The summed E-state index contributed by atoms with van der Waals surface area (Å²) < 4.78 is -0.0593. The van der Waals surface area contributed by atoms with E-state index in [-0.39, 0.29) is 9.97 Å². The molecule has 0 heterocycles. The van der Waals surface area contributed by atoms with Crippen LogP contribution in [0.3, 0.4) is 0 Å². The summed E-state index contributed by atoms with van der Waals surface area (Å²) in [4.78, 5) is 10.2. The molecule has 0 rings (SSSR count). The van der Waals surface area contributed by atoms with E-state index in [1.807, 2.05) is 6.92 Å². The molecule has 0 aliphatic heterocycles. The highest BCUT2D eigenvalue weighted by atomic mass is 127. The minimum atomic E-state index is -0.981. The maximum Gasteiger partial charge on any atom is 0.405 e. The molecule has 0 saturated carbocycles. The Morgan fingerprint density at radius 2 is 2.33 bits per heavy atom. The SMILES string of the molecule is CC#CC(C)CC(I)NC(=O)O. The molecule has 0 bridgehead atoms. The molecule has 0 aliphatic rings. The number of amides is 1. The van der Waals surface area contributed by atoms with Gasteiger partial charge in [-0.15, -0.1) is 11.8 Å². The Kier molecular flexibility index (Phi) is 5.89. The predicted molar refractivity (Wildman–Crippen MR) is 56.2 cm³/mol. The van der Waals surface area contributed by atoms with E-state index in [0.717, 1.165) is 6.42 Å². The van der Waals surface area contributed by atoms with Gasteiger partial charge in [0.05, 0.1) is 4.05 Å². The smallest absolute Gasteiger partial charge is 0.405 e. The van der Waals surface area contributed by atoms with E-state index in [1.165, 1.54) is 0 Å². The lowest BCUT2D eigenvalue weighted by molar-refractivity contribution is 0.193. The summed E-state index contributed by atoms with van der Waals surface area (Å²) in [5.41, 5.74) is 0. The van der Waals surface area contributed by atoms with Crippen molar-refractivity contribution in [3.8, 4) is 11.8 Å². The topological polar surface area (TPSA) is 49.3 Å². The normalized spacial score (nSPS) is 13.9. The second-order valence-corrected chi connectivity index (χ2v) is 3.95. The first-order valence-corrected chi connectivity index (χ1v) is 4.86. The molecule has 12 heavy (non-hydrogen) atoms. The zero-order valence-corrected chi connectivity index (χ0v) is 9.25. The van der Waals surface area contributed by atoms with Crippen LogP contribution in [-0.4, -0.2) is 15.2 Å². The van der Waals surface area contributed by atoms with Crippen molar-refractivity contribution in [3.63, 3.8) is 0 Å². The minimum Gasteiger partial charge on any atom is -0.465 e. The number of halogens is 1. The fourth-order valence-corrected chi connectivity index (χ4v) is 1.84. The molecule has 2 atom stereocenters. The molecular weight excluding hydrogens is 269 g/mol. The third-order valence-corrected chi connectivity index (χ3v) is 2.05. The number of hydrogen-bond acceptors (Lipinski definition) is 1. The maximum atomic E-state index is 10.2. The Balaban J connectivity index is 3.73. The molecule has 3 nitrogen and oxygen atoms in total. The molecule has 2 unspecified atom stereocenters. The monoisotopic (exact) mass is 281 g/mol. The Morgan fingerprint density at radius 1 is 1.75 bits per heavy atom. The largest absolute Gasteiger partial charge is 0.465 e. The van der Waals surface area contributed by atoms with Crippen molar-refractivity contribution in [2.45, 2.75) is 24.3 Å². The molecule has 0 aromatic heterocycles. The molecule has 0 aromatic carbocycles. The fraction of sp³-hybridized carbons (Fsp3) is 0.625. The highest BCUT2D eigenvalue weighted by molar-refractivity contribution is 14.1. The lowest BCUT2D eigenvalue weighted by Gasteiger charge is -2.10. The van der Waals surface area contributed by atoms with Crippen LogP contribution in [0.15, 0.2) is 0 Å². The Hall–Kier alpha value is -0.440. The number of carboxylic acid groups (broad SMARTS) is 1. The first kappa shape index (κ1) is 11.6. The summed E-state index contributed by atoms with van der Waals surface area (Å²) in [5.74, 6) is 6.00. The van der Waals surface area contributed by atoms with Crippen LogP contribution in [0.4, 0.5) is 4.79 Å². The second kappa shape index (κ2) is 6.12. The zero-order chi connectivity index (χ0) is 9.56. The van der Waals surface area contributed by atoms with Crippen LogP contribution in [0.5, 0.6) is 0 Å². The number of hydrogen-bond donors (Lipinski definition) is 2. The highest BCUT2D eigenvalue weighted by Gasteiger charge is 2.09.